The monoisotopic (exact) mass is 281 g/mol. The van der Waals surface area contributed by atoms with Crippen molar-refractivity contribution in [2.24, 2.45) is 0 Å². The van der Waals surface area contributed by atoms with Crippen LogP contribution in [0.15, 0.2) is 54.7 Å². The van der Waals surface area contributed by atoms with Crippen molar-refractivity contribution in [3.8, 4) is 0 Å². The van der Waals surface area contributed by atoms with Gasteiger partial charge in [0.05, 0.1) is 0 Å². The van der Waals surface area contributed by atoms with Crippen molar-refractivity contribution in [1.29, 1.82) is 0 Å². The van der Waals surface area contributed by atoms with E-state index in [9.17, 15) is 0 Å². The van der Waals surface area contributed by atoms with Crippen molar-refractivity contribution < 1.29 is 0 Å². The van der Waals surface area contributed by atoms with Gasteiger partial charge in [-0.1, -0.05) is 36.4 Å². The fourth-order valence-electron chi connectivity index (χ4n) is 3.06. The Morgan fingerprint density at radius 1 is 1.05 bits per heavy atom. The Kier molecular flexibility index (Phi) is 4.51. The Balaban J connectivity index is 1.53. The molecule has 2 heterocycles. The molecule has 0 saturated carbocycles. The number of anilines is 1. The molecule has 110 valence electrons. The van der Waals surface area contributed by atoms with Crippen LogP contribution in [0.2, 0.25) is 0 Å². The number of benzene rings is 1. The molecular weight excluding hydrogens is 258 g/mol. The fraction of sp³-hybridized carbons (Fsp3) is 0.389. The molecule has 1 aliphatic heterocycles. The van der Waals surface area contributed by atoms with Gasteiger partial charge < -0.3 is 4.90 Å². The van der Waals surface area contributed by atoms with Gasteiger partial charge in [-0.2, -0.15) is 0 Å². The van der Waals surface area contributed by atoms with Crippen LogP contribution in [0.25, 0.3) is 0 Å². The van der Waals surface area contributed by atoms with Crippen LogP contribution in [-0.4, -0.2) is 36.1 Å². The number of likely N-dealkylation sites (tertiary alicyclic amines) is 1. The molecule has 1 aliphatic rings. The Bertz CT molecular complexity index is 533. The van der Waals surface area contributed by atoms with E-state index in [4.69, 9.17) is 0 Å². The van der Waals surface area contributed by atoms with E-state index in [0.29, 0.717) is 6.04 Å². The molecule has 0 N–H and O–H groups in total. The summed E-state index contributed by atoms with van der Waals surface area (Å²) >= 11 is 0. The Labute approximate surface area is 127 Å². The molecular formula is C18H23N3. The van der Waals surface area contributed by atoms with Gasteiger partial charge in [0.1, 0.15) is 5.82 Å². The van der Waals surface area contributed by atoms with Crippen molar-refractivity contribution in [1.82, 2.24) is 9.88 Å². The van der Waals surface area contributed by atoms with Crippen molar-refractivity contribution in [2.45, 2.75) is 25.4 Å². The summed E-state index contributed by atoms with van der Waals surface area (Å²) in [5.41, 5.74) is 1.41. The number of rotatable bonds is 4. The number of pyridine rings is 1. The number of hydrogen-bond donors (Lipinski definition) is 0. The lowest BCUT2D eigenvalue weighted by molar-refractivity contribution is 0.203. The van der Waals surface area contributed by atoms with E-state index in [1.807, 2.05) is 12.3 Å². The average Bonchev–Trinajstić information content (AvgIpc) is 2.57. The van der Waals surface area contributed by atoms with Gasteiger partial charge in [-0.05, 0) is 30.5 Å². The number of nitrogens with zero attached hydrogens (tertiary/aromatic N) is 3. The van der Waals surface area contributed by atoms with Crippen LogP contribution in [0.1, 0.15) is 18.4 Å². The normalized spacial score (nSPS) is 16.8. The third-order valence-electron chi connectivity index (χ3n) is 4.36. The quantitative estimate of drug-likeness (QED) is 0.858. The van der Waals surface area contributed by atoms with E-state index in [2.05, 4.69) is 64.3 Å². The summed E-state index contributed by atoms with van der Waals surface area (Å²) in [6.07, 6.45) is 4.29. The van der Waals surface area contributed by atoms with Crippen molar-refractivity contribution in [3.63, 3.8) is 0 Å². The summed E-state index contributed by atoms with van der Waals surface area (Å²) in [7, 11) is 2.17. The zero-order valence-corrected chi connectivity index (χ0v) is 12.7. The molecule has 21 heavy (non-hydrogen) atoms. The Morgan fingerprint density at radius 3 is 2.43 bits per heavy atom. The highest BCUT2D eigenvalue weighted by Crippen LogP contribution is 2.21. The van der Waals surface area contributed by atoms with Gasteiger partial charge >= 0.3 is 0 Å². The molecule has 1 aromatic carbocycles. The van der Waals surface area contributed by atoms with Crippen LogP contribution >= 0.6 is 0 Å². The fourth-order valence-corrected chi connectivity index (χ4v) is 3.06. The SMILES string of the molecule is CN(c1ccccn1)C1CCN(Cc2ccccc2)CC1. The lowest BCUT2D eigenvalue weighted by atomic mass is 10.0. The number of piperidine rings is 1. The van der Waals surface area contributed by atoms with Crippen molar-refractivity contribution >= 4 is 5.82 Å². The standard InChI is InChI=1S/C18H23N3/c1-20(18-9-5-6-12-19-18)17-10-13-21(14-11-17)15-16-7-3-2-4-8-16/h2-9,12,17H,10-11,13-15H2,1H3. The summed E-state index contributed by atoms with van der Waals surface area (Å²) in [4.78, 5) is 9.34. The molecule has 1 aromatic heterocycles. The molecule has 0 atom stereocenters. The van der Waals surface area contributed by atoms with Gasteiger partial charge in [0.25, 0.3) is 0 Å². The smallest absolute Gasteiger partial charge is 0.128 e. The van der Waals surface area contributed by atoms with E-state index in [-0.39, 0.29) is 0 Å². The number of aromatic nitrogens is 1. The molecule has 2 aromatic rings. The molecule has 0 unspecified atom stereocenters. The predicted octanol–water partition coefficient (Wildman–Crippen LogP) is 3.18. The van der Waals surface area contributed by atoms with E-state index >= 15 is 0 Å². The maximum atomic E-state index is 4.45. The van der Waals surface area contributed by atoms with Gasteiger partial charge in [-0.25, -0.2) is 4.98 Å². The molecule has 1 fully saturated rings. The molecule has 0 bridgehead atoms. The highest BCUT2D eigenvalue weighted by Gasteiger charge is 2.23. The van der Waals surface area contributed by atoms with E-state index in [0.717, 1.165) is 25.5 Å². The van der Waals surface area contributed by atoms with Crippen LogP contribution in [0.3, 0.4) is 0 Å². The molecule has 3 rings (SSSR count). The zero-order chi connectivity index (χ0) is 14.5. The first-order valence-electron chi connectivity index (χ1n) is 7.73. The van der Waals surface area contributed by atoms with Gasteiger partial charge in [-0.15, -0.1) is 0 Å². The highest BCUT2D eigenvalue weighted by atomic mass is 15.2. The van der Waals surface area contributed by atoms with E-state index in [1.54, 1.807) is 0 Å². The van der Waals surface area contributed by atoms with Crippen LogP contribution < -0.4 is 4.90 Å². The van der Waals surface area contributed by atoms with Crippen LogP contribution in [0.5, 0.6) is 0 Å². The minimum absolute atomic E-state index is 0.604. The summed E-state index contributed by atoms with van der Waals surface area (Å²) in [5.74, 6) is 1.08. The lowest BCUT2D eigenvalue weighted by Gasteiger charge is -2.37. The Hall–Kier alpha value is -1.87. The molecule has 1 saturated heterocycles. The largest absolute Gasteiger partial charge is 0.357 e. The molecule has 3 nitrogen and oxygen atoms in total. The van der Waals surface area contributed by atoms with E-state index < -0.39 is 0 Å². The second-order valence-corrected chi connectivity index (χ2v) is 5.79. The first-order valence-corrected chi connectivity index (χ1v) is 7.73. The summed E-state index contributed by atoms with van der Waals surface area (Å²) < 4.78 is 0. The second kappa shape index (κ2) is 6.72. The number of hydrogen-bond acceptors (Lipinski definition) is 3. The van der Waals surface area contributed by atoms with Gasteiger partial charge in [-0.3, -0.25) is 4.90 Å². The average molecular weight is 281 g/mol. The van der Waals surface area contributed by atoms with Crippen LogP contribution in [0.4, 0.5) is 5.82 Å². The maximum absolute atomic E-state index is 4.45. The lowest BCUT2D eigenvalue weighted by Crippen LogP contribution is -2.43. The first-order chi connectivity index (χ1) is 10.3. The predicted molar refractivity (Wildman–Crippen MR) is 87.4 cm³/mol. The Morgan fingerprint density at radius 2 is 1.76 bits per heavy atom. The minimum atomic E-state index is 0.604. The van der Waals surface area contributed by atoms with Gasteiger partial charge in [0.15, 0.2) is 0 Å². The maximum Gasteiger partial charge on any atom is 0.128 e. The van der Waals surface area contributed by atoms with E-state index in [1.165, 1.54) is 18.4 Å². The summed E-state index contributed by atoms with van der Waals surface area (Å²) in [5, 5.41) is 0. The molecule has 0 amide bonds. The summed E-state index contributed by atoms with van der Waals surface area (Å²) in [6.45, 7) is 3.40. The van der Waals surface area contributed by atoms with Gasteiger partial charge in [0, 0.05) is 38.9 Å². The molecule has 3 heteroatoms. The minimum Gasteiger partial charge on any atom is -0.357 e. The molecule has 0 radical (unpaired) electrons. The van der Waals surface area contributed by atoms with Gasteiger partial charge in [0.2, 0.25) is 0 Å². The molecule has 0 spiro atoms. The third-order valence-corrected chi connectivity index (χ3v) is 4.36. The third kappa shape index (κ3) is 3.61. The highest BCUT2D eigenvalue weighted by molar-refractivity contribution is 5.38. The van der Waals surface area contributed by atoms with Crippen molar-refractivity contribution in [3.05, 3.63) is 60.3 Å². The zero-order valence-electron chi connectivity index (χ0n) is 12.7. The topological polar surface area (TPSA) is 19.4 Å². The second-order valence-electron chi connectivity index (χ2n) is 5.79. The first kappa shape index (κ1) is 14.1. The molecule has 0 aliphatic carbocycles. The van der Waals surface area contributed by atoms with Crippen LogP contribution in [-0.2, 0) is 6.54 Å². The summed E-state index contributed by atoms with van der Waals surface area (Å²) in [6, 6.07) is 17.5. The van der Waals surface area contributed by atoms with Crippen LogP contribution in [0, 0.1) is 0 Å². The van der Waals surface area contributed by atoms with Crippen molar-refractivity contribution in [2.75, 3.05) is 25.0 Å².